The van der Waals surface area contributed by atoms with Crippen LogP contribution >= 0.6 is 0 Å². The normalized spacial score (nSPS) is 24.4. The average Bonchev–Trinajstić information content (AvgIpc) is 2.95. The number of aliphatic hydroxyl groups excluding tert-OH is 1. The maximum Gasteiger partial charge on any atom is 0.251 e. The lowest BCUT2D eigenvalue weighted by Crippen LogP contribution is -2.38. The van der Waals surface area contributed by atoms with Crippen LogP contribution in [-0.4, -0.2) is 30.5 Å². The second-order valence-electron chi connectivity index (χ2n) is 5.44. The van der Waals surface area contributed by atoms with E-state index in [9.17, 15) is 4.79 Å². The summed E-state index contributed by atoms with van der Waals surface area (Å²) in [5, 5.41) is 12.2. The first kappa shape index (κ1) is 13.2. The van der Waals surface area contributed by atoms with Gasteiger partial charge in [0.2, 0.25) is 6.79 Å². The zero-order valence-corrected chi connectivity index (χ0v) is 11.3. The number of hydrogen-bond acceptors (Lipinski definition) is 4. The molecule has 5 heteroatoms. The van der Waals surface area contributed by atoms with Crippen molar-refractivity contribution in [2.24, 2.45) is 5.92 Å². The minimum Gasteiger partial charge on any atom is -0.454 e. The highest BCUT2D eigenvalue weighted by molar-refractivity contribution is 5.95. The number of rotatable bonds is 3. The standard InChI is InChI=1S/C15H19NO4/c17-8-10-1-4-12(5-2-10)16-15(18)11-3-6-13-14(7-11)20-9-19-13/h3,6-7,10,12,17H,1-2,4-5,8-9H2,(H,16,18). The zero-order valence-electron chi connectivity index (χ0n) is 11.3. The molecule has 1 saturated carbocycles. The lowest BCUT2D eigenvalue weighted by molar-refractivity contribution is 0.0913. The van der Waals surface area contributed by atoms with Crippen LogP contribution < -0.4 is 14.8 Å². The van der Waals surface area contributed by atoms with Crippen molar-refractivity contribution in [3.63, 3.8) is 0 Å². The average molecular weight is 277 g/mol. The molecule has 0 bridgehead atoms. The molecule has 20 heavy (non-hydrogen) atoms. The van der Waals surface area contributed by atoms with Gasteiger partial charge in [0.15, 0.2) is 11.5 Å². The molecule has 0 unspecified atom stereocenters. The van der Waals surface area contributed by atoms with E-state index < -0.39 is 0 Å². The lowest BCUT2D eigenvalue weighted by Gasteiger charge is -2.27. The van der Waals surface area contributed by atoms with Gasteiger partial charge < -0.3 is 19.9 Å². The van der Waals surface area contributed by atoms with Crippen LogP contribution in [0.15, 0.2) is 18.2 Å². The van der Waals surface area contributed by atoms with Crippen LogP contribution in [0.3, 0.4) is 0 Å². The van der Waals surface area contributed by atoms with E-state index in [0.717, 1.165) is 25.7 Å². The summed E-state index contributed by atoms with van der Waals surface area (Å²) < 4.78 is 10.5. The van der Waals surface area contributed by atoms with Crippen molar-refractivity contribution in [2.75, 3.05) is 13.4 Å². The van der Waals surface area contributed by atoms with Crippen LogP contribution in [-0.2, 0) is 0 Å². The smallest absolute Gasteiger partial charge is 0.251 e. The molecule has 0 saturated heterocycles. The zero-order chi connectivity index (χ0) is 13.9. The van der Waals surface area contributed by atoms with Gasteiger partial charge in [-0.1, -0.05) is 0 Å². The van der Waals surface area contributed by atoms with Crippen LogP contribution in [0.4, 0.5) is 0 Å². The minimum absolute atomic E-state index is 0.0734. The summed E-state index contributed by atoms with van der Waals surface area (Å²) >= 11 is 0. The van der Waals surface area contributed by atoms with Crippen LogP contribution in [0, 0.1) is 5.92 Å². The Bertz CT molecular complexity index is 495. The van der Waals surface area contributed by atoms with Gasteiger partial charge in [-0.15, -0.1) is 0 Å². The summed E-state index contributed by atoms with van der Waals surface area (Å²) in [4.78, 5) is 12.2. The topological polar surface area (TPSA) is 67.8 Å². The van der Waals surface area contributed by atoms with Crippen LogP contribution in [0.25, 0.3) is 0 Å². The summed E-state index contributed by atoms with van der Waals surface area (Å²) in [5.74, 6) is 1.64. The van der Waals surface area contributed by atoms with Crippen molar-refractivity contribution >= 4 is 5.91 Å². The van der Waals surface area contributed by atoms with Gasteiger partial charge in [-0.05, 0) is 49.8 Å². The highest BCUT2D eigenvalue weighted by Gasteiger charge is 2.23. The van der Waals surface area contributed by atoms with E-state index in [1.807, 2.05) is 0 Å². The molecule has 1 aliphatic carbocycles. The van der Waals surface area contributed by atoms with E-state index in [0.29, 0.717) is 23.0 Å². The van der Waals surface area contributed by atoms with Gasteiger partial charge >= 0.3 is 0 Å². The molecule has 5 nitrogen and oxygen atoms in total. The van der Waals surface area contributed by atoms with Crippen molar-refractivity contribution in [1.82, 2.24) is 5.32 Å². The first-order chi connectivity index (χ1) is 9.76. The second kappa shape index (κ2) is 5.71. The molecule has 0 radical (unpaired) electrons. The van der Waals surface area contributed by atoms with Crippen LogP contribution in [0.1, 0.15) is 36.0 Å². The Hall–Kier alpha value is -1.75. The minimum atomic E-state index is -0.0734. The van der Waals surface area contributed by atoms with Gasteiger partial charge in [-0.25, -0.2) is 0 Å². The van der Waals surface area contributed by atoms with Gasteiger partial charge in [-0.2, -0.15) is 0 Å². The van der Waals surface area contributed by atoms with Crippen molar-refractivity contribution in [3.8, 4) is 11.5 Å². The van der Waals surface area contributed by atoms with Gasteiger partial charge in [0.05, 0.1) is 0 Å². The predicted octanol–water partition coefficient (Wildman–Crippen LogP) is 1.70. The molecular formula is C15H19NO4. The third kappa shape index (κ3) is 2.72. The Morgan fingerprint density at radius 3 is 2.70 bits per heavy atom. The fourth-order valence-electron chi connectivity index (χ4n) is 2.80. The number of carbonyl (C=O) groups is 1. The molecule has 0 atom stereocenters. The summed E-state index contributed by atoms with van der Waals surface area (Å²) in [6.45, 7) is 0.467. The Morgan fingerprint density at radius 2 is 1.95 bits per heavy atom. The fraction of sp³-hybridized carbons (Fsp3) is 0.533. The third-order valence-corrected chi connectivity index (χ3v) is 4.07. The van der Waals surface area contributed by atoms with E-state index in [1.54, 1.807) is 18.2 Å². The molecule has 0 aromatic heterocycles. The van der Waals surface area contributed by atoms with Gasteiger partial charge in [0.25, 0.3) is 5.91 Å². The van der Waals surface area contributed by atoms with Gasteiger partial charge in [-0.3, -0.25) is 4.79 Å². The molecule has 1 heterocycles. The quantitative estimate of drug-likeness (QED) is 0.882. The highest BCUT2D eigenvalue weighted by Crippen LogP contribution is 2.32. The maximum absolute atomic E-state index is 12.2. The Labute approximate surface area is 117 Å². The molecule has 1 fully saturated rings. The number of benzene rings is 1. The molecule has 2 aliphatic rings. The number of fused-ring (bicyclic) bond motifs is 1. The molecule has 3 rings (SSSR count). The first-order valence-corrected chi connectivity index (χ1v) is 7.07. The maximum atomic E-state index is 12.2. The van der Waals surface area contributed by atoms with E-state index in [1.165, 1.54) is 0 Å². The summed E-state index contributed by atoms with van der Waals surface area (Å²) in [5.41, 5.74) is 0.596. The third-order valence-electron chi connectivity index (χ3n) is 4.07. The van der Waals surface area contributed by atoms with Crippen molar-refractivity contribution in [2.45, 2.75) is 31.7 Å². The lowest BCUT2D eigenvalue weighted by atomic mass is 9.86. The number of aliphatic hydroxyl groups is 1. The van der Waals surface area contributed by atoms with Gasteiger partial charge in [0.1, 0.15) is 0 Å². The molecular weight excluding hydrogens is 258 g/mol. The molecule has 108 valence electrons. The van der Waals surface area contributed by atoms with Crippen molar-refractivity contribution in [3.05, 3.63) is 23.8 Å². The number of nitrogens with one attached hydrogen (secondary N) is 1. The number of ether oxygens (including phenoxy) is 2. The summed E-state index contributed by atoms with van der Waals surface area (Å²) in [6.07, 6.45) is 3.81. The van der Waals surface area contributed by atoms with Crippen LogP contribution in [0.5, 0.6) is 11.5 Å². The van der Waals surface area contributed by atoms with Crippen molar-refractivity contribution in [1.29, 1.82) is 0 Å². The van der Waals surface area contributed by atoms with Crippen LogP contribution in [0.2, 0.25) is 0 Å². The largest absolute Gasteiger partial charge is 0.454 e. The molecule has 1 aromatic carbocycles. The fourth-order valence-corrected chi connectivity index (χ4v) is 2.80. The number of hydrogen-bond donors (Lipinski definition) is 2. The molecule has 2 N–H and O–H groups in total. The molecule has 1 amide bonds. The van der Waals surface area contributed by atoms with Gasteiger partial charge in [0, 0.05) is 18.2 Å². The second-order valence-corrected chi connectivity index (χ2v) is 5.44. The monoisotopic (exact) mass is 277 g/mol. The van der Waals surface area contributed by atoms with E-state index in [-0.39, 0.29) is 25.3 Å². The SMILES string of the molecule is O=C(NC1CCC(CO)CC1)c1ccc2c(c1)OCO2. The van der Waals surface area contributed by atoms with Crippen molar-refractivity contribution < 1.29 is 19.4 Å². The van der Waals surface area contributed by atoms with E-state index >= 15 is 0 Å². The molecule has 0 spiro atoms. The summed E-state index contributed by atoms with van der Waals surface area (Å²) in [6, 6.07) is 5.44. The summed E-state index contributed by atoms with van der Waals surface area (Å²) in [7, 11) is 0. The highest BCUT2D eigenvalue weighted by atomic mass is 16.7. The van der Waals surface area contributed by atoms with E-state index in [4.69, 9.17) is 14.6 Å². The van der Waals surface area contributed by atoms with E-state index in [2.05, 4.69) is 5.32 Å². The molecule has 1 aliphatic heterocycles. The Morgan fingerprint density at radius 1 is 1.20 bits per heavy atom. The number of carbonyl (C=O) groups excluding carboxylic acids is 1. The number of amides is 1. The Balaban J connectivity index is 1.59. The Kier molecular flexibility index (Phi) is 3.78. The molecule has 1 aromatic rings. The predicted molar refractivity (Wildman–Crippen MR) is 72.9 cm³/mol. The first-order valence-electron chi connectivity index (χ1n) is 7.07.